The van der Waals surface area contributed by atoms with Gasteiger partial charge < -0.3 is 24.4 Å². The number of carbonyl (C=O) groups excluding carboxylic acids is 2. The van der Waals surface area contributed by atoms with E-state index >= 15 is 0 Å². The monoisotopic (exact) mass is 388 g/mol. The Labute approximate surface area is 165 Å². The van der Waals surface area contributed by atoms with Crippen molar-refractivity contribution in [3.8, 4) is 11.5 Å². The van der Waals surface area contributed by atoms with Gasteiger partial charge in [0, 0.05) is 44.1 Å². The Morgan fingerprint density at radius 3 is 2.54 bits per heavy atom. The van der Waals surface area contributed by atoms with Crippen LogP contribution in [0.3, 0.4) is 0 Å². The topological polar surface area (TPSA) is 77.1 Å². The number of benzene rings is 1. The zero-order chi connectivity index (χ0) is 19.5. The summed E-state index contributed by atoms with van der Waals surface area (Å²) in [5.74, 6) is 1.34. The van der Waals surface area contributed by atoms with E-state index in [0.29, 0.717) is 49.4 Å². The molecule has 0 spiro atoms. The van der Waals surface area contributed by atoms with Gasteiger partial charge in [-0.3, -0.25) is 9.59 Å². The summed E-state index contributed by atoms with van der Waals surface area (Å²) >= 11 is 0. The molecule has 7 nitrogen and oxygen atoms in total. The summed E-state index contributed by atoms with van der Waals surface area (Å²) in [6.45, 7) is 2.59. The molecule has 2 aliphatic heterocycles. The van der Waals surface area contributed by atoms with Crippen molar-refractivity contribution in [1.29, 1.82) is 0 Å². The molecule has 0 aromatic heterocycles. The maximum absolute atomic E-state index is 12.5. The second-order valence-electron chi connectivity index (χ2n) is 7.82. The molecular weight excluding hydrogens is 360 g/mol. The second-order valence-corrected chi connectivity index (χ2v) is 7.82. The Balaban J connectivity index is 1.35. The van der Waals surface area contributed by atoms with Crippen LogP contribution in [0.5, 0.6) is 11.5 Å². The average molecular weight is 388 g/mol. The fourth-order valence-electron chi connectivity index (χ4n) is 3.77. The molecule has 4 rings (SSSR count). The Morgan fingerprint density at radius 2 is 1.89 bits per heavy atom. The van der Waals surface area contributed by atoms with E-state index in [2.05, 4.69) is 5.32 Å². The molecule has 0 radical (unpaired) electrons. The average Bonchev–Trinajstić information content (AvgIpc) is 3.36. The van der Waals surface area contributed by atoms with Crippen LogP contribution in [-0.2, 0) is 9.53 Å². The number of piperidine rings is 1. The van der Waals surface area contributed by atoms with Gasteiger partial charge in [0.1, 0.15) is 6.10 Å². The van der Waals surface area contributed by atoms with Crippen molar-refractivity contribution in [2.75, 3.05) is 33.4 Å². The highest BCUT2D eigenvalue weighted by Gasteiger charge is 2.31. The number of likely N-dealkylation sites (tertiary alicyclic amines) is 1. The van der Waals surface area contributed by atoms with Crippen molar-refractivity contribution in [3.05, 3.63) is 23.8 Å². The maximum atomic E-state index is 12.5. The van der Waals surface area contributed by atoms with Gasteiger partial charge in [0.15, 0.2) is 11.5 Å². The second kappa shape index (κ2) is 8.39. The van der Waals surface area contributed by atoms with E-state index in [1.807, 2.05) is 4.90 Å². The van der Waals surface area contributed by atoms with Crippen molar-refractivity contribution in [2.24, 2.45) is 5.92 Å². The van der Waals surface area contributed by atoms with Crippen molar-refractivity contribution >= 4 is 11.8 Å². The molecule has 1 aromatic carbocycles. The van der Waals surface area contributed by atoms with Crippen LogP contribution in [0.1, 0.15) is 42.5 Å². The summed E-state index contributed by atoms with van der Waals surface area (Å²) in [4.78, 5) is 26.8. The molecule has 7 heteroatoms. The third-order valence-corrected chi connectivity index (χ3v) is 5.66. The third kappa shape index (κ3) is 4.41. The molecule has 0 bridgehead atoms. The van der Waals surface area contributed by atoms with Gasteiger partial charge in [-0.2, -0.15) is 0 Å². The van der Waals surface area contributed by atoms with Crippen LogP contribution in [0.4, 0.5) is 0 Å². The lowest BCUT2D eigenvalue weighted by Gasteiger charge is -2.33. The summed E-state index contributed by atoms with van der Waals surface area (Å²) in [7, 11) is 1.59. The largest absolute Gasteiger partial charge is 0.493 e. The molecule has 3 aliphatic rings. The quantitative estimate of drug-likeness (QED) is 0.807. The number of hydrogen-bond acceptors (Lipinski definition) is 5. The van der Waals surface area contributed by atoms with Crippen LogP contribution in [0, 0.1) is 5.92 Å². The normalized spacial score (nSPS) is 22.8. The number of ether oxygens (including phenoxy) is 3. The standard InChI is InChI=1S/C21H28N2O5/c1-26-18-5-2-14(20(24)22-16-3-4-16)12-19(18)28-17-6-9-23(10-7-17)21(25)15-8-11-27-13-15/h2,5,12,15-17H,3-4,6-11,13H2,1H3,(H,22,24)/t15-/m0/s1. The summed E-state index contributed by atoms with van der Waals surface area (Å²) in [6.07, 6.45) is 4.45. The number of amides is 2. The predicted octanol–water partition coefficient (Wildman–Crippen LogP) is 1.99. The van der Waals surface area contributed by atoms with Crippen molar-refractivity contribution in [1.82, 2.24) is 10.2 Å². The highest BCUT2D eigenvalue weighted by molar-refractivity contribution is 5.95. The van der Waals surface area contributed by atoms with Gasteiger partial charge >= 0.3 is 0 Å². The molecule has 1 aliphatic carbocycles. The summed E-state index contributed by atoms with van der Waals surface area (Å²) in [6, 6.07) is 5.60. The molecule has 152 valence electrons. The van der Waals surface area contributed by atoms with Crippen LogP contribution in [0.25, 0.3) is 0 Å². The Bertz CT molecular complexity index is 720. The van der Waals surface area contributed by atoms with Gasteiger partial charge in [-0.25, -0.2) is 0 Å². The van der Waals surface area contributed by atoms with E-state index in [4.69, 9.17) is 14.2 Å². The Morgan fingerprint density at radius 1 is 1.11 bits per heavy atom. The smallest absolute Gasteiger partial charge is 0.251 e. The van der Waals surface area contributed by atoms with Crippen LogP contribution >= 0.6 is 0 Å². The highest BCUT2D eigenvalue weighted by atomic mass is 16.5. The minimum Gasteiger partial charge on any atom is -0.493 e. The molecule has 2 amide bonds. The van der Waals surface area contributed by atoms with Gasteiger partial charge in [0.25, 0.3) is 5.91 Å². The first-order valence-corrected chi connectivity index (χ1v) is 10.2. The van der Waals surface area contributed by atoms with E-state index in [1.54, 1.807) is 25.3 Å². The molecule has 1 N–H and O–H groups in total. The number of hydrogen-bond donors (Lipinski definition) is 1. The zero-order valence-electron chi connectivity index (χ0n) is 16.3. The minimum absolute atomic E-state index is 0.000443. The zero-order valence-corrected chi connectivity index (χ0v) is 16.3. The van der Waals surface area contributed by atoms with Crippen LogP contribution < -0.4 is 14.8 Å². The Kier molecular flexibility index (Phi) is 5.71. The van der Waals surface area contributed by atoms with Crippen LogP contribution in [0.2, 0.25) is 0 Å². The molecular formula is C21H28N2O5. The minimum atomic E-state index is -0.0748. The lowest BCUT2D eigenvalue weighted by molar-refractivity contribution is -0.137. The first-order valence-electron chi connectivity index (χ1n) is 10.2. The first-order chi connectivity index (χ1) is 13.6. The third-order valence-electron chi connectivity index (χ3n) is 5.66. The first kappa shape index (κ1) is 19.1. The highest BCUT2D eigenvalue weighted by Crippen LogP contribution is 2.31. The number of rotatable bonds is 6. The van der Waals surface area contributed by atoms with E-state index in [-0.39, 0.29) is 23.8 Å². The molecule has 3 fully saturated rings. The Hall–Kier alpha value is -2.28. The lowest BCUT2D eigenvalue weighted by Crippen LogP contribution is -2.44. The van der Waals surface area contributed by atoms with Crippen molar-refractivity contribution < 1.29 is 23.8 Å². The molecule has 28 heavy (non-hydrogen) atoms. The lowest BCUT2D eigenvalue weighted by atomic mass is 10.0. The van der Waals surface area contributed by atoms with Gasteiger partial charge in [0.2, 0.25) is 5.91 Å². The maximum Gasteiger partial charge on any atom is 0.251 e. The van der Waals surface area contributed by atoms with E-state index < -0.39 is 0 Å². The van der Waals surface area contributed by atoms with Crippen molar-refractivity contribution in [2.45, 2.75) is 44.2 Å². The molecule has 2 heterocycles. The fraction of sp³-hybridized carbons (Fsp3) is 0.619. The molecule has 1 saturated carbocycles. The summed E-state index contributed by atoms with van der Waals surface area (Å²) in [5, 5.41) is 2.99. The molecule has 1 aromatic rings. The van der Waals surface area contributed by atoms with Gasteiger partial charge in [0.05, 0.1) is 19.6 Å². The van der Waals surface area contributed by atoms with Gasteiger partial charge in [-0.1, -0.05) is 0 Å². The van der Waals surface area contributed by atoms with E-state index in [9.17, 15) is 9.59 Å². The van der Waals surface area contributed by atoms with Crippen LogP contribution in [0.15, 0.2) is 18.2 Å². The SMILES string of the molecule is COc1ccc(C(=O)NC2CC2)cc1OC1CCN(C(=O)[C@H]2CCOC2)CC1. The van der Waals surface area contributed by atoms with Gasteiger partial charge in [-0.05, 0) is 37.5 Å². The summed E-state index contributed by atoms with van der Waals surface area (Å²) in [5.41, 5.74) is 0.580. The van der Waals surface area contributed by atoms with E-state index in [1.165, 1.54) is 0 Å². The number of carbonyl (C=O) groups is 2. The van der Waals surface area contributed by atoms with E-state index in [0.717, 1.165) is 32.1 Å². The fourth-order valence-corrected chi connectivity index (χ4v) is 3.77. The van der Waals surface area contributed by atoms with Crippen LogP contribution in [-0.4, -0.2) is 62.3 Å². The van der Waals surface area contributed by atoms with Gasteiger partial charge in [-0.15, -0.1) is 0 Å². The molecule has 1 atom stereocenters. The summed E-state index contributed by atoms with van der Waals surface area (Å²) < 4.78 is 16.9. The number of nitrogens with one attached hydrogen (secondary N) is 1. The number of methoxy groups -OCH3 is 1. The van der Waals surface area contributed by atoms with Crippen molar-refractivity contribution in [3.63, 3.8) is 0 Å². The predicted molar refractivity (Wildman–Crippen MR) is 103 cm³/mol. The molecule has 0 unspecified atom stereocenters. The number of nitrogens with zero attached hydrogens (tertiary/aromatic N) is 1. The molecule has 2 saturated heterocycles.